The van der Waals surface area contributed by atoms with Gasteiger partial charge >= 0.3 is 6.03 Å². The molecule has 130 valence electrons. The van der Waals surface area contributed by atoms with Crippen molar-refractivity contribution in [2.45, 2.75) is 38.2 Å². The summed E-state index contributed by atoms with van der Waals surface area (Å²) >= 11 is 0. The molecule has 1 aliphatic heterocycles. The van der Waals surface area contributed by atoms with Gasteiger partial charge in [-0.2, -0.15) is 0 Å². The molecule has 24 heavy (non-hydrogen) atoms. The van der Waals surface area contributed by atoms with Gasteiger partial charge in [0.25, 0.3) is 5.92 Å². The van der Waals surface area contributed by atoms with E-state index in [0.717, 1.165) is 26.2 Å². The van der Waals surface area contributed by atoms with E-state index >= 15 is 0 Å². The second-order valence-electron chi connectivity index (χ2n) is 6.64. The van der Waals surface area contributed by atoms with Crippen LogP contribution in [0, 0.1) is 5.92 Å². The number of nitrogens with one attached hydrogen (secondary N) is 2. The molecule has 3 rings (SSSR count). The summed E-state index contributed by atoms with van der Waals surface area (Å²) in [5.41, 5.74) is 0.190. The molecule has 0 radical (unpaired) electrons. The molecule has 0 unspecified atom stereocenters. The third kappa shape index (κ3) is 3.66. The number of rotatable bonds is 4. The number of carbonyl (C=O) groups is 2. The smallest absolute Gasteiger partial charge is 0.321 e. The first-order valence-electron chi connectivity index (χ1n) is 8.17. The number of urea groups is 1. The number of carbonyl (C=O) groups excluding carboxylic acids is 2. The van der Waals surface area contributed by atoms with Crippen LogP contribution < -0.4 is 10.6 Å². The number of likely N-dealkylation sites (tertiary alicyclic amines) is 1. The number of benzene rings is 1. The molecule has 3 amide bonds. The highest BCUT2D eigenvalue weighted by Gasteiger charge is 2.34. The minimum atomic E-state index is -2.95. The van der Waals surface area contributed by atoms with Crippen LogP contribution in [0.5, 0.6) is 0 Å². The SMILES string of the molecule is CC(F)(F)c1cccc(NC(=O)N2CC(NC(=O)C3CCC3)C2)c1. The molecule has 2 aliphatic rings. The molecule has 1 aliphatic carbocycles. The standard InChI is InChI=1S/C17H21F2N3O2/c1-17(18,19)12-6-3-7-13(8-12)21-16(24)22-9-14(10-22)20-15(23)11-4-2-5-11/h3,6-8,11,14H,2,4-5,9-10H2,1H3,(H,20,23)(H,21,24). The Bertz CT molecular complexity index is 635. The van der Waals surface area contributed by atoms with Gasteiger partial charge in [0.15, 0.2) is 0 Å². The number of alkyl halides is 2. The molecule has 1 aromatic rings. The third-order valence-corrected chi connectivity index (χ3v) is 4.61. The van der Waals surface area contributed by atoms with Gasteiger partial charge in [-0.05, 0) is 25.0 Å². The van der Waals surface area contributed by atoms with Crippen molar-refractivity contribution in [3.8, 4) is 0 Å². The fourth-order valence-corrected chi connectivity index (χ4v) is 2.80. The maximum Gasteiger partial charge on any atom is 0.321 e. The number of halogens is 2. The van der Waals surface area contributed by atoms with E-state index in [0.29, 0.717) is 18.8 Å². The van der Waals surface area contributed by atoms with Crippen LogP contribution in [0.4, 0.5) is 19.3 Å². The van der Waals surface area contributed by atoms with E-state index in [-0.39, 0.29) is 29.5 Å². The summed E-state index contributed by atoms with van der Waals surface area (Å²) in [6.07, 6.45) is 3.00. The molecule has 1 aromatic carbocycles. The molecule has 0 aromatic heterocycles. The highest BCUT2D eigenvalue weighted by molar-refractivity contribution is 5.90. The Morgan fingerprint density at radius 1 is 1.25 bits per heavy atom. The largest absolute Gasteiger partial charge is 0.350 e. The van der Waals surface area contributed by atoms with Crippen LogP contribution in [-0.4, -0.2) is 36.0 Å². The minimum absolute atomic E-state index is 0.0184. The van der Waals surface area contributed by atoms with E-state index in [2.05, 4.69) is 10.6 Å². The number of hydrogen-bond donors (Lipinski definition) is 2. The predicted octanol–water partition coefficient (Wildman–Crippen LogP) is 2.93. The second-order valence-corrected chi connectivity index (χ2v) is 6.64. The molecule has 2 N–H and O–H groups in total. The van der Waals surface area contributed by atoms with Gasteiger partial charge in [0.2, 0.25) is 5.91 Å². The van der Waals surface area contributed by atoms with Crippen molar-refractivity contribution in [2.75, 3.05) is 18.4 Å². The number of amides is 3. The Morgan fingerprint density at radius 2 is 1.96 bits per heavy atom. The van der Waals surface area contributed by atoms with E-state index in [9.17, 15) is 18.4 Å². The summed E-state index contributed by atoms with van der Waals surface area (Å²) in [6, 6.07) is 5.29. The average molecular weight is 337 g/mol. The molecule has 1 saturated carbocycles. The van der Waals surface area contributed by atoms with Crippen molar-refractivity contribution in [2.24, 2.45) is 5.92 Å². The topological polar surface area (TPSA) is 61.4 Å². The molecular formula is C17H21F2N3O2. The zero-order chi connectivity index (χ0) is 17.3. The van der Waals surface area contributed by atoms with E-state index in [1.54, 1.807) is 11.0 Å². The van der Waals surface area contributed by atoms with E-state index in [1.807, 2.05) is 0 Å². The number of nitrogens with zero attached hydrogens (tertiary/aromatic N) is 1. The lowest BCUT2D eigenvalue weighted by atomic mass is 9.84. The number of hydrogen-bond acceptors (Lipinski definition) is 2. The van der Waals surface area contributed by atoms with Crippen molar-refractivity contribution in [1.82, 2.24) is 10.2 Å². The molecule has 2 fully saturated rings. The summed E-state index contributed by atoms with van der Waals surface area (Å²) in [5.74, 6) is -2.75. The Balaban J connectivity index is 1.47. The van der Waals surface area contributed by atoms with Crippen LogP contribution in [0.15, 0.2) is 24.3 Å². The van der Waals surface area contributed by atoms with Gasteiger partial charge in [-0.15, -0.1) is 0 Å². The van der Waals surface area contributed by atoms with Crippen molar-refractivity contribution in [3.63, 3.8) is 0 Å². The fraction of sp³-hybridized carbons (Fsp3) is 0.529. The van der Waals surface area contributed by atoms with Crippen LogP contribution in [0.3, 0.4) is 0 Å². The molecule has 5 nitrogen and oxygen atoms in total. The molecular weight excluding hydrogens is 316 g/mol. The zero-order valence-electron chi connectivity index (χ0n) is 13.5. The lowest BCUT2D eigenvalue weighted by Crippen LogP contribution is -2.62. The van der Waals surface area contributed by atoms with Crippen molar-refractivity contribution >= 4 is 17.6 Å². The van der Waals surface area contributed by atoms with Crippen LogP contribution >= 0.6 is 0 Å². The molecule has 0 bridgehead atoms. The Labute approximate surface area is 139 Å². The molecule has 1 heterocycles. The van der Waals surface area contributed by atoms with Crippen LogP contribution in [-0.2, 0) is 10.7 Å². The maximum atomic E-state index is 13.3. The summed E-state index contributed by atoms with van der Waals surface area (Å²) in [4.78, 5) is 25.5. The average Bonchev–Trinajstić information content (AvgIpc) is 2.39. The monoisotopic (exact) mass is 337 g/mol. The summed E-state index contributed by atoms with van der Waals surface area (Å²) < 4.78 is 26.6. The van der Waals surface area contributed by atoms with E-state index in [1.165, 1.54) is 18.2 Å². The first-order chi connectivity index (χ1) is 11.3. The normalized spacial score (nSPS) is 18.5. The quantitative estimate of drug-likeness (QED) is 0.887. The Morgan fingerprint density at radius 3 is 2.54 bits per heavy atom. The Kier molecular flexibility index (Phi) is 4.43. The van der Waals surface area contributed by atoms with Gasteiger partial charge in [0, 0.05) is 37.2 Å². The zero-order valence-corrected chi connectivity index (χ0v) is 13.5. The fourth-order valence-electron chi connectivity index (χ4n) is 2.80. The van der Waals surface area contributed by atoms with Crippen molar-refractivity contribution in [1.29, 1.82) is 0 Å². The number of anilines is 1. The second kappa shape index (κ2) is 6.37. The van der Waals surface area contributed by atoms with E-state index in [4.69, 9.17) is 0 Å². The van der Waals surface area contributed by atoms with Gasteiger partial charge in [-0.1, -0.05) is 18.6 Å². The molecule has 7 heteroatoms. The van der Waals surface area contributed by atoms with Crippen LogP contribution in [0.1, 0.15) is 31.7 Å². The third-order valence-electron chi connectivity index (χ3n) is 4.61. The first-order valence-corrected chi connectivity index (χ1v) is 8.17. The minimum Gasteiger partial charge on any atom is -0.350 e. The molecule has 0 atom stereocenters. The molecule has 0 spiro atoms. The van der Waals surface area contributed by atoms with Gasteiger partial charge in [0.05, 0.1) is 6.04 Å². The summed E-state index contributed by atoms with van der Waals surface area (Å²) in [7, 11) is 0. The van der Waals surface area contributed by atoms with Crippen LogP contribution in [0.2, 0.25) is 0 Å². The Hall–Kier alpha value is -2.18. The van der Waals surface area contributed by atoms with E-state index < -0.39 is 5.92 Å². The summed E-state index contributed by atoms with van der Waals surface area (Å²) in [6.45, 7) is 1.70. The van der Waals surface area contributed by atoms with Gasteiger partial charge in [-0.25, -0.2) is 13.6 Å². The maximum absolute atomic E-state index is 13.3. The highest BCUT2D eigenvalue weighted by atomic mass is 19.3. The summed E-state index contributed by atoms with van der Waals surface area (Å²) in [5, 5.41) is 5.55. The lowest BCUT2D eigenvalue weighted by Gasteiger charge is -2.40. The van der Waals surface area contributed by atoms with Crippen molar-refractivity contribution in [3.05, 3.63) is 29.8 Å². The first kappa shape index (κ1) is 16.7. The van der Waals surface area contributed by atoms with Gasteiger partial charge in [0.1, 0.15) is 0 Å². The van der Waals surface area contributed by atoms with Gasteiger partial charge in [-0.3, -0.25) is 4.79 Å². The van der Waals surface area contributed by atoms with Crippen LogP contribution in [0.25, 0.3) is 0 Å². The lowest BCUT2D eigenvalue weighted by molar-refractivity contribution is -0.129. The predicted molar refractivity (Wildman–Crippen MR) is 85.9 cm³/mol. The van der Waals surface area contributed by atoms with Crippen molar-refractivity contribution < 1.29 is 18.4 Å². The molecule has 1 saturated heterocycles. The highest BCUT2D eigenvalue weighted by Crippen LogP contribution is 2.29. The van der Waals surface area contributed by atoms with Gasteiger partial charge < -0.3 is 15.5 Å².